The van der Waals surface area contributed by atoms with Crippen LogP contribution in [-0.2, 0) is 72.3 Å². The standard InChI is InChI=1S/C22H28N2O4.C22H27NO5.C20H27ClN8O3.C14H22N2O2.C7H9ClN6OS.C2H7N.C2H6O.2CH4.ClH.HI/c1-24(2)21(25)17-27-20-13-11-18(12-14-20)8-6-7-15-23-22(26)28-16-19-9-4-3-5-10-19;1-2-26-21(24)17-27-20-13-11-18(12-14-20)8-6-7-15-23-22(25)28-16-19-9-4-3-5-10-19;1-29(2)14(30)11-32-13-8-6-12(7-9-13)5-3-4-10-25-20(24)28-19(31)15-17(22)27-18(23)16(21)26-15;1-16(2)14(17)11-18-13-8-6-12(7-9-13)5-3-4-10-15;1-16-7(11)14-6(15)2-4(9)13-5(10)3(8)12-2;1-3-2;1-2-3;;;;/h3-5,9-14H,6-8,15-17H2,1-2H3,(H,23,26);3-5,9-14H,2,6-8,15-17H2,1H3,(H,23,25);6-9H,3-5,10-11H2,1-2H3,(H4,22,23,27)(H3,24,25,28,31);6-9H,3-5,10-11,15H2,1-2H3;1H3,(H4,9,10,13)(H2,11,14,15);3H,1-2H3;3H,2H2,1H3;2*1H4;2*1H. The van der Waals surface area contributed by atoms with Gasteiger partial charge in [-0.2, -0.15) is 0 Å². The Bertz CT molecular complexity index is 4610. The normalized spacial score (nSPS) is 9.89. The molecule has 0 bridgehead atoms. The first-order valence-electron chi connectivity index (χ1n) is 40.9. The van der Waals surface area contributed by atoms with Crippen molar-refractivity contribution in [3.05, 3.63) is 213 Å². The number of anilines is 4. The molecule has 36 nitrogen and oxygen atoms in total. The van der Waals surface area contributed by atoms with Gasteiger partial charge in [0, 0.05) is 68.5 Å². The summed E-state index contributed by atoms with van der Waals surface area (Å²) >= 11 is 12.4. The van der Waals surface area contributed by atoms with Gasteiger partial charge in [0.05, 0.1) is 6.61 Å². The van der Waals surface area contributed by atoms with Gasteiger partial charge in [-0.15, -0.1) is 36.4 Å². The number of likely N-dealkylation sites (N-methyl/N-ethyl adjacent to an activating group) is 3. The van der Waals surface area contributed by atoms with E-state index in [-0.39, 0.29) is 177 Å². The Morgan fingerprint density at radius 3 is 1.08 bits per heavy atom. The minimum Gasteiger partial charge on any atom is -0.484 e. The number of aliphatic hydroxyl groups is 1. The van der Waals surface area contributed by atoms with Crippen LogP contribution in [0.4, 0.5) is 32.9 Å². The lowest BCUT2D eigenvalue weighted by Gasteiger charge is -2.11. The van der Waals surface area contributed by atoms with Crippen molar-refractivity contribution >= 4 is 153 Å². The van der Waals surface area contributed by atoms with Gasteiger partial charge in [-0.1, -0.05) is 159 Å². The topological polar surface area (TPSA) is 535 Å². The van der Waals surface area contributed by atoms with Crippen LogP contribution in [0.1, 0.15) is 134 Å². The number of unbranched alkanes of at least 4 members (excludes halogenated alkanes) is 4. The number of esters is 1. The Hall–Kier alpha value is -11.8. The Labute approximate surface area is 813 Å². The number of nitrogens with two attached hydrogens (primary N) is 6. The zero-order valence-corrected chi connectivity index (χ0v) is 81.1. The van der Waals surface area contributed by atoms with Crippen molar-refractivity contribution < 1.29 is 76.6 Å². The molecule has 2 heterocycles. The Morgan fingerprint density at radius 1 is 0.462 bits per heavy atom. The Morgan fingerprint density at radius 2 is 0.773 bits per heavy atom. The van der Waals surface area contributed by atoms with Gasteiger partial charge < -0.3 is 109 Å². The molecule has 0 aliphatic rings. The minimum absolute atomic E-state index is 0. The van der Waals surface area contributed by atoms with Gasteiger partial charge in [0.1, 0.15) is 36.2 Å². The number of guanidine groups is 1. The number of hydrogen-bond acceptors (Lipinski definition) is 29. The molecule has 0 aliphatic carbocycles. The Kier molecular flexibility index (Phi) is 70.5. The number of aromatic nitrogens is 4. The van der Waals surface area contributed by atoms with Gasteiger partial charge in [-0.05, 0) is 200 Å². The summed E-state index contributed by atoms with van der Waals surface area (Å²) in [7, 11) is 13.9. The number of carbonyl (C=O) groups is 8. The van der Waals surface area contributed by atoms with Gasteiger partial charge in [0.15, 0.2) is 82.5 Å². The third-order valence-electron chi connectivity index (χ3n) is 16.7. The molecule has 132 heavy (non-hydrogen) atoms. The first-order chi connectivity index (χ1) is 61.3. The van der Waals surface area contributed by atoms with Crippen LogP contribution in [-0.4, -0.2) is 227 Å². The molecule has 0 unspecified atom stereocenters. The smallest absolute Gasteiger partial charge is 0.407 e. The van der Waals surface area contributed by atoms with Crippen molar-refractivity contribution in [2.75, 3.05) is 151 Å². The summed E-state index contributed by atoms with van der Waals surface area (Å²) in [6, 6.07) is 50.0. The molecule has 730 valence electrons. The summed E-state index contributed by atoms with van der Waals surface area (Å²) < 4.78 is 36.8. The number of nitrogens with one attached hydrogen (secondary N) is 6. The van der Waals surface area contributed by atoms with E-state index in [1.165, 1.54) is 31.4 Å². The lowest BCUT2D eigenvalue weighted by atomic mass is 10.1. The number of benzene rings is 6. The molecule has 7 amide bonds. The number of aliphatic imine (C=N–C) groups is 1. The number of amidine groups is 1. The number of alkyl carbamates (subject to hydrolysis) is 2. The van der Waals surface area contributed by atoms with E-state index in [9.17, 15) is 38.4 Å². The van der Waals surface area contributed by atoms with E-state index in [1.807, 2.05) is 172 Å². The van der Waals surface area contributed by atoms with E-state index in [4.69, 9.17) is 101 Å². The lowest BCUT2D eigenvalue weighted by Crippen LogP contribution is -2.38. The highest BCUT2D eigenvalue weighted by Crippen LogP contribution is 2.22. The van der Waals surface area contributed by atoms with E-state index >= 15 is 0 Å². The second-order valence-electron chi connectivity index (χ2n) is 27.8. The van der Waals surface area contributed by atoms with Gasteiger partial charge in [-0.3, -0.25) is 39.7 Å². The third-order valence-corrected chi connectivity index (χ3v) is 17.7. The minimum atomic E-state index is -0.673. The largest absolute Gasteiger partial charge is 0.484 e. The highest BCUT2D eigenvalue weighted by Gasteiger charge is 2.19. The maximum Gasteiger partial charge on any atom is 0.407 e. The SMILES string of the molecule is C.C.CCO.CCOC(=O)COc1ccc(CCCCNC(=O)OCc2ccccc2)cc1.CN(C)C(=O)COc1ccc(CCCCN)cc1.CN(C)C(=O)COc1ccc(CCCCN=C(N)NC(=O)c2nc(Cl)c(N)nc2N)cc1.CN(C)C(=O)COc1ccc(CCCCNC(=O)OCc2ccccc2)cc1.CNC.CSC(=N)NC(=O)c1nc(Cl)c(N)nc1N.Cl.I. The molecule has 0 aliphatic heterocycles. The van der Waals surface area contributed by atoms with Gasteiger partial charge in [-0.25, -0.2) is 34.3 Å². The third kappa shape index (κ3) is 57.4. The number of nitrogens with zero attached hydrogens (tertiary/aromatic N) is 8. The highest BCUT2D eigenvalue weighted by molar-refractivity contribution is 14.0. The van der Waals surface area contributed by atoms with E-state index < -0.39 is 24.0 Å². The fourth-order valence-electron chi connectivity index (χ4n) is 9.77. The predicted octanol–water partition coefficient (Wildman–Crippen LogP) is 12.0. The van der Waals surface area contributed by atoms with Gasteiger partial charge >= 0.3 is 18.2 Å². The van der Waals surface area contributed by atoms with E-state index in [2.05, 4.69) is 51.5 Å². The second-order valence-corrected chi connectivity index (χ2v) is 29.3. The van der Waals surface area contributed by atoms with Crippen LogP contribution in [0.2, 0.25) is 10.3 Å². The van der Waals surface area contributed by atoms with Crippen LogP contribution in [0.5, 0.6) is 23.0 Å². The summed E-state index contributed by atoms with van der Waals surface area (Å²) in [6.45, 7) is 6.98. The molecule has 6 aromatic carbocycles. The van der Waals surface area contributed by atoms with Crippen LogP contribution in [0.15, 0.2) is 163 Å². The van der Waals surface area contributed by atoms with Crippen molar-refractivity contribution in [2.24, 2.45) is 16.5 Å². The van der Waals surface area contributed by atoms with Crippen molar-refractivity contribution in [3.63, 3.8) is 0 Å². The molecule has 0 spiro atoms. The summed E-state index contributed by atoms with van der Waals surface area (Å²) in [5.74, 6) is 0.336. The maximum atomic E-state index is 12.2. The number of hydrogen-bond donors (Lipinski definition) is 13. The predicted molar refractivity (Wildman–Crippen MR) is 539 cm³/mol. The van der Waals surface area contributed by atoms with Crippen LogP contribution >= 0.6 is 71.3 Å². The number of ether oxygens (including phenoxy) is 7. The van der Waals surface area contributed by atoms with Crippen molar-refractivity contribution in [3.8, 4) is 23.0 Å². The van der Waals surface area contributed by atoms with Gasteiger partial charge in [0.2, 0.25) is 0 Å². The fourth-order valence-corrected chi connectivity index (χ4v) is 10.2. The zero-order chi connectivity index (χ0) is 95.0. The number of rotatable bonds is 38. The molecule has 8 rings (SSSR count). The quantitative estimate of drug-likeness (QED) is 0.00427. The summed E-state index contributed by atoms with van der Waals surface area (Å²) in [4.78, 5) is 116. The number of halogens is 4. The number of aryl methyl sites for hydroxylation is 4. The average molecular weight is 2030 g/mol. The second kappa shape index (κ2) is 74.8. The van der Waals surface area contributed by atoms with Gasteiger partial charge in [0.25, 0.3) is 29.5 Å². The van der Waals surface area contributed by atoms with Crippen LogP contribution in [0.3, 0.4) is 0 Å². The zero-order valence-electron chi connectivity index (χ0n) is 75.6. The molecule has 0 saturated carbocycles. The number of nitrogen functional groups attached to an aromatic ring is 4. The van der Waals surface area contributed by atoms with Crippen LogP contribution in [0.25, 0.3) is 0 Å². The molecule has 0 fully saturated rings. The molecule has 0 atom stereocenters. The molecule has 19 N–H and O–H groups in total. The first kappa shape index (κ1) is 124. The highest BCUT2D eigenvalue weighted by atomic mass is 127. The molecular weight excluding hydrogens is 1890 g/mol. The molecule has 8 aromatic rings. The number of aliphatic hydroxyl groups excluding tert-OH is 1. The summed E-state index contributed by atoms with van der Waals surface area (Å²) in [5.41, 5.74) is 39.5. The summed E-state index contributed by atoms with van der Waals surface area (Å²) in [5, 5.41) is 27.5. The van der Waals surface area contributed by atoms with E-state index in [0.29, 0.717) is 43.5 Å². The molecule has 41 heteroatoms. The average Bonchev–Trinajstić information content (AvgIpc) is 0.837. The van der Waals surface area contributed by atoms with E-state index in [0.717, 1.165) is 118 Å². The van der Waals surface area contributed by atoms with E-state index in [1.54, 1.807) is 62.4 Å². The first-order valence-corrected chi connectivity index (χ1v) is 42.9. The number of thioether (sulfide) groups is 1. The van der Waals surface area contributed by atoms with Crippen molar-refractivity contribution in [2.45, 2.75) is 119 Å². The lowest BCUT2D eigenvalue weighted by molar-refractivity contribution is -0.145. The van der Waals surface area contributed by atoms with Crippen LogP contribution in [0, 0.1) is 5.41 Å². The molecular formula is C91H136Cl3IN20O16S. The monoisotopic (exact) mass is 2030 g/mol. The number of carbonyl (C=O) groups excluding carboxylic acids is 8. The molecule has 0 radical (unpaired) electrons. The Balaban J connectivity index is -0.00000157. The molecule has 0 saturated heterocycles. The maximum absolute atomic E-state index is 12.2. The fraction of sp³-hybridized carbons (Fsp3) is 0.407. The summed E-state index contributed by atoms with van der Waals surface area (Å²) in [6.07, 6.45) is 12.0. The van der Waals surface area contributed by atoms with Crippen LogP contribution < -0.4 is 79.9 Å². The number of amides is 7. The van der Waals surface area contributed by atoms with Crippen molar-refractivity contribution in [1.82, 2.24) is 61.2 Å². The molecule has 2 aromatic heterocycles. The van der Waals surface area contributed by atoms with Crippen molar-refractivity contribution in [1.29, 1.82) is 5.41 Å².